The van der Waals surface area contributed by atoms with Crippen molar-refractivity contribution in [3.63, 3.8) is 0 Å². The first kappa shape index (κ1) is 20.9. The van der Waals surface area contributed by atoms with Crippen molar-refractivity contribution in [2.45, 2.75) is 25.6 Å². The number of aryl methyl sites for hydroxylation is 1. The molecule has 6 heteroatoms. The lowest BCUT2D eigenvalue weighted by atomic mass is 10.0. The van der Waals surface area contributed by atoms with Crippen LogP contribution < -0.4 is 5.32 Å². The first-order valence-corrected chi connectivity index (χ1v) is 11.7. The molecule has 1 fully saturated rings. The number of nitrogens with zero attached hydrogens (tertiary/aromatic N) is 2. The van der Waals surface area contributed by atoms with E-state index >= 15 is 0 Å². The number of aromatic nitrogens is 1. The molecule has 2 atom stereocenters. The molecule has 0 saturated carbocycles. The summed E-state index contributed by atoms with van der Waals surface area (Å²) in [6.07, 6.45) is 1.81. The maximum Gasteiger partial charge on any atom is 0.170 e. The van der Waals surface area contributed by atoms with E-state index in [9.17, 15) is 0 Å². The van der Waals surface area contributed by atoms with Crippen molar-refractivity contribution in [3.05, 3.63) is 112 Å². The average molecular weight is 504 g/mol. The molecule has 1 aliphatic rings. The van der Waals surface area contributed by atoms with Crippen LogP contribution >= 0.6 is 28.1 Å². The zero-order valence-corrected chi connectivity index (χ0v) is 19.9. The molecule has 1 N–H and O–H groups in total. The standard InChI is InChI=1S/C26H22BrN3OS/c1-17-10-11-19(20(27)15-17)22-12-13-23(31-22)25-24(21-9-5-6-14-28-21)29-26(32)30(25)16-18-7-3-2-4-8-18/h2-15,24-25H,16H2,1H3,(H,29,32). The van der Waals surface area contributed by atoms with E-state index in [-0.39, 0.29) is 12.1 Å². The Labute approximate surface area is 201 Å². The molecule has 0 bridgehead atoms. The minimum absolute atomic E-state index is 0.104. The quantitative estimate of drug-likeness (QED) is 0.311. The third kappa shape index (κ3) is 4.08. The highest BCUT2D eigenvalue weighted by atomic mass is 79.9. The minimum atomic E-state index is -0.115. The number of hydrogen-bond acceptors (Lipinski definition) is 3. The Hall–Kier alpha value is -2.96. The van der Waals surface area contributed by atoms with Gasteiger partial charge in [-0.25, -0.2) is 0 Å². The molecule has 32 heavy (non-hydrogen) atoms. The van der Waals surface area contributed by atoms with Gasteiger partial charge in [-0.1, -0.05) is 58.4 Å². The second kappa shape index (κ2) is 8.88. The van der Waals surface area contributed by atoms with Gasteiger partial charge in [0.2, 0.25) is 0 Å². The number of halogens is 1. The van der Waals surface area contributed by atoms with Crippen LogP contribution in [0.1, 0.15) is 34.7 Å². The molecule has 1 saturated heterocycles. The molecule has 0 radical (unpaired) electrons. The Kier molecular flexibility index (Phi) is 5.81. The first-order valence-electron chi connectivity index (χ1n) is 10.5. The van der Waals surface area contributed by atoms with Crippen molar-refractivity contribution < 1.29 is 4.42 Å². The zero-order chi connectivity index (χ0) is 22.1. The summed E-state index contributed by atoms with van der Waals surface area (Å²) in [5.74, 6) is 1.68. The summed E-state index contributed by atoms with van der Waals surface area (Å²) in [6.45, 7) is 2.76. The molecule has 1 aliphatic heterocycles. The predicted molar refractivity (Wildman–Crippen MR) is 134 cm³/mol. The lowest BCUT2D eigenvalue weighted by Crippen LogP contribution is -2.29. The number of pyridine rings is 1. The molecule has 160 valence electrons. The summed E-state index contributed by atoms with van der Waals surface area (Å²) in [5.41, 5.74) is 4.35. The van der Waals surface area contributed by atoms with Gasteiger partial charge in [-0.15, -0.1) is 0 Å². The highest BCUT2D eigenvalue weighted by Crippen LogP contribution is 2.42. The van der Waals surface area contributed by atoms with Gasteiger partial charge in [-0.2, -0.15) is 0 Å². The van der Waals surface area contributed by atoms with Gasteiger partial charge in [0.05, 0.1) is 11.7 Å². The lowest BCUT2D eigenvalue weighted by Gasteiger charge is -2.26. The first-order chi connectivity index (χ1) is 15.6. The van der Waals surface area contributed by atoms with Crippen LogP contribution in [0.5, 0.6) is 0 Å². The summed E-state index contributed by atoms with van der Waals surface area (Å²) in [6, 6.07) is 26.4. The zero-order valence-electron chi connectivity index (χ0n) is 17.5. The van der Waals surface area contributed by atoms with Crippen molar-refractivity contribution in [3.8, 4) is 11.3 Å². The van der Waals surface area contributed by atoms with Crippen LogP contribution in [0.15, 0.2) is 93.9 Å². The van der Waals surface area contributed by atoms with Gasteiger partial charge in [0.15, 0.2) is 5.11 Å². The topological polar surface area (TPSA) is 41.3 Å². The fourth-order valence-corrected chi connectivity index (χ4v) is 5.14. The maximum atomic E-state index is 6.44. The van der Waals surface area contributed by atoms with Crippen LogP contribution in [0.25, 0.3) is 11.3 Å². The summed E-state index contributed by atoms with van der Waals surface area (Å²) < 4.78 is 7.46. The van der Waals surface area contributed by atoms with E-state index in [4.69, 9.17) is 16.6 Å². The summed E-state index contributed by atoms with van der Waals surface area (Å²) in [5, 5.41) is 4.18. The number of furan rings is 1. The summed E-state index contributed by atoms with van der Waals surface area (Å²) in [4.78, 5) is 6.79. The molecule has 2 unspecified atom stereocenters. The Morgan fingerprint density at radius 3 is 2.59 bits per heavy atom. The van der Waals surface area contributed by atoms with Crippen molar-refractivity contribution >= 4 is 33.3 Å². The van der Waals surface area contributed by atoms with E-state index in [1.807, 2.05) is 48.7 Å². The van der Waals surface area contributed by atoms with Crippen LogP contribution in [-0.4, -0.2) is 15.0 Å². The van der Waals surface area contributed by atoms with Crippen LogP contribution in [0.3, 0.4) is 0 Å². The van der Waals surface area contributed by atoms with E-state index in [1.165, 1.54) is 11.1 Å². The largest absolute Gasteiger partial charge is 0.459 e. The highest BCUT2D eigenvalue weighted by Gasteiger charge is 2.41. The molecule has 4 nitrogen and oxygen atoms in total. The summed E-state index contributed by atoms with van der Waals surface area (Å²) >= 11 is 9.44. The van der Waals surface area contributed by atoms with Gasteiger partial charge in [0.1, 0.15) is 17.6 Å². The maximum absolute atomic E-state index is 6.44. The second-order valence-corrected chi connectivity index (χ2v) is 9.17. The molecule has 0 spiro atoms. The van der Waals surface area contributed by atoms with Crippen molar-refractivity contribution in [2.75, 3.05) is 0 Å². The van der Waals surface area contributed by atoms with Gasteiger partial charge >= 0.3 is 0 Å². The Balaban J connectivity index is 1.55. The third-order valence-corrected chi connectivity index (χ3v) is 6.71. The highest BCUT2D eigenvalue weighted by molar-refractivity contribution is 9.10. The molecule has 3 heterocycles. The number of rotatable bonds is 5. The molecule has 2 aromatic heterocycles. The lowest BCUT2D eigenvalue weighted by molar-refractivity contribution is 0.269. The second-order valence-electron chi connectivity index (χ2n) is 7.93. The monoisotopic (exact) mass is 503 g/mol. The van der Waals surface area contributed by atoms with Gasteiger partial charge in [0.25, 0.3) is 0 Å². The van der Waals surface area contributed by atoms with Gasteiger partial charge in [-0.3, -0.25) is 4.98 Å². The number of benzene rings is 2. The fraction of sp³-hybridized carbons (Fsp3) is 0.154. The number of nitrogens with one attached hydrogen (secondary N) is 1. The average Bonchev–Trinajstić information content (AvgIpc) is 3.40. The molecule has 2 aromatic carbocycles. The molecule has 5 rings (SSSR count). The predicted octanol–water partition coefficient (Wildman–Crippen LogP) is 6.59. The third-order valence-electron chi connectivity index (χ3n) is 5.70. The van der Waals surface area contributed by atoms with Crippen LogP contribution in [-0.2, 0) is 6.54 Å². The van der Waals surface area contributed by atoms with E-state index in [2.05, 4.69) is 74.5 Å². The Bertz CT molecular complexity index is 1240. The molecule has 4 aromatic rings. The van der Waals surface area contributed by atoms with E-state index in [0.717, 1.165) is 27.3 Å². The van der Waals surface area contributed by atoms with Crippen molar-refractivity contribution in [1.29, 1.82) is 0 Å². The number of hydrogen-bond donors (Lipinski definition) is 1. The summed E-state index contributed by atoms with van der Waals surface area (Å²) in [7, 11) is 0. The van der Waals surface area contributed by atoms with E-state index in [0.29, 0.717) is 11.7 Å². The molecular formula is C26H22BrN3OS. The van der Waals surface area contributed by atoms with Crippen LogP contribution in [0.2, 0.25) is 0 Å². The molecular weight excluding hydrogens is 482 g/mol. The SMILES string of the molecule is Cc1ccc(-c2ccc(C3C(c4ccccn4)NC(=S)N3Cc3ccccc3)o2)c(Br)c1. The van der Waals surface area contributed by atoms with Crippen molar-refractivity contribution in [1.82, 2.24) is 15.2 Å². The van der Waals surface area contributed by atoms with Crippen LogP contribution in [0.4, 0.5) is 0 Å². The van der Waals surface area contributed by atoms with Gasteiger partial charge in [0, 0.05) is 22.8 Å². The smallest absolute Gasteiger partial charge is 0.170 e. The Morgan fingerprint density at radius 2 is 1.84 bits per heavy atom. The molecule has 0 aliphatic carbocycles. The van der Waals surface area contributed by atoms with Crippen LogP contribution in [0, 0.1) is 6.92 Å². The molecule has 0 amide bonds. The normalized spacial score (nSPS) is 18.1. The fourth-order valence-electron chi connectivity index (χ4n) is 4.14. The minimum Gasteiger partial charge on any atom is -0.459 e. The van der Waals surface area contributed by atoms with Gasteiger partial charge < -0.3 is 14.6 Å². The van der Waals surface area contributed by atoms with Gasteiger partial charge in [-0.05, 0) is 66.7 Å². The number of thiocarbonyl (C=S) groups is 1. The van der Waals surface area contributed by atoms with Crippen molar-refractivity contribution in [2.24, 2.45) is 0 Å². The van der Waals surface area contributed by atoms with E-state index in [1.54, 1.807) is 0 Å². The Morgan fingerprint density at radius 1 is 1.03 bits per heavy atom. The van der Waals surface area contributed by atoms with E-state index < -0.39 is 0 Å².